The predicted molar refractivity (Wildman–Crippen MR) is 122 cm³/mol. The van der Waals surface area contributed by atoms with Gasteiger partial charge in [-0.15, -0.1) is 0 Å². The SMILES string of the molecule is CSCCC(NS(=O)(=O)c1cc(Cl)ccc1Cl)C(=O)NC(C)c1cccc(Cl)c1. The van der Waals surface area contributed by atoms with Crippen LogP contribution in [0.5, 0.6) is 0 Å². The number of carbonyl (C=O) groups is 1. The zero-order chi connectivity index (χ0) is 21.6. The van der Waals surface area contributed by atoms with Gasteiger partial charge in [-0.3, -0.25) is 4.79 Å². The number of thioether (sulfide) groups is 1. The molecule has 2 unspecified atom stereocenters. The summed E-state index contributed by atoms with van der Waals surface area (Å²) in [6.45, 7) is 1.80. The van der Waals surface area contributed by atoms with Crippen LogP contribution in [0, 0.1) is 0 Å². The maximum absolute atomic E-state index is 12.8. The van der Waals surface area contributed by atoms with Gasteiger partial charge in [0.25, 0.3) is 0 Å². The molecule has 0 saturated carbocycles. The lowest BCUT2D eigenvalue weighted by Gasteiger charge is -2.22. The molecule has 0 spiro atoms. The van der Waals surface area contributed by atoms with Crippen molar-refractivity contribution in [1.82, 2.24) is 10.0 Å². The minimum atomic E-state index is -4.05. The van der Waals surface area contributed by atoms with Gasteiger partial charge in [-0.2, -0.15) is 16.5 Å². The average Bonchev–Trinajstić information content (AvgIpc) is 2.66. The summed E-state index contributed by atoms with van der Waals surface area (Å²) in [5.41, 5.74) is 0.815. The number of carbonyl (C=O) groups excluding carboxylic acids is 1. The molecule has 0 saturated heterocycles. The molecule has 1 amide bonds. The minimum Gasteiger partial charge on any atom is -0.348 e. The Balaban J connectivity index is 2.21. The summed E-state index contributed by atoms with van der Waals surface area (Å²) in [6.07, 6.45) is 2.19. The first kappa shape index (κ1) is 24.3. The van der Waals surface area contributed by atoms with E-state index < -0.39 is 22.0 Å². The molecule has 2 atom stereocenters. The van der Waals surface area contributed by atoms with E-state index in [1.165, 1.54) is 30.0 Å². The summed E-state index contributed by atoms with van der Waals surface area (Å²) < 4.78 is 28.1. The third-order valence-corrected chi connectivity index (χ3v) is 7.18. The van der Waals surface area contributed by atoms with E-state index in [0.29, 0.717) is 17.2 Å². The Morgan fingerprint density at radius 2 is 1.79 bits per heavy atom. The molecule has 2 aromatic rings. The smallest absolute Gasteiger partial charge is 0.242 e. The highest BCUT2D eigenvalue weighted by atomic mass is 35.5. The highest BCUT2D eigenvalue weighted by molar-refractivity contribution is 7.98. The van der Waals surface area contributed by atoms with Gasteiger partial charge in [0.05, 0.1) is 11.1 Å². The molecule has 29 heavy (non-hydrogen) atoms. The second kappa shape index (κ2) is 10.9. The Morgan fingerprint density at radius 1 is 1.10 bits per heavy atom. The van der Waals surface area contributed by atoms with Crippen LogP contribution in [0.15, 0.2) is 47.4 Å². The summed E-state index contributed by atoms with van der Waals surface area (Å²) >= 11 is 19.5. The van der Waals surface area contributed by atoms with E-state index in [-0.39, 0.29) is 21.0 Å². The molecule has 0 aliphatic carbocycles. The van der Waals surface area contributed by atoms with Gasteiger partial charge < -0.3 is 5.32 Å². The second-order valence-electron chi connectivity index (χ2n) is 6.32. The molecular formula is C19H21Cl3N2O3S2. The van der Waals surface area contributed by atoms with E-state index in [9.17, 15) is 13.2 Å². The van der Waals surface area contributed by atoms with Crippen molar-refractivity contribution < 1.29 is 13.2 Å². The first-order valence-electron chi connectivity index (χ1n) is 8.66. The van der Waals surface area contributed by atoms with Crippen LogP contribution in [0.1, 0.15) is 24.9 Å². The Bertz CT molecular complexity index is 971. The molecule has 158 valence electrons. The van der Waals surface area contributed by atoms with Gasteiger partial charge in [-0.05, 0) is 61.2 Å². The van der Waals surface area contributed by atoms with E-state index in [1.54, 1.807) is 25.1 Å². The molecule has 0 radical (unpaired) electrons. The lowest BCUT2D eigenvalue weighted by atomic mass is 10.1. The minimum absolute atomic E-state index is 0.0261. The fourth-order valence-electron chi connectivity index (χ4n) is 2.59. The Labute approximate surface area is 190 Å². The molecule has 0 aliphatic heterocycles. The van der Waals surface area contributed by atoms with Crippen LogP contribution in [-0.2, 0) is 14.8 Å². The van der Waals surface area contributed by atoms with Gasteiger partial charge in [0, 0.05) is 10.0 Å². The third kappa shape index (κ3) is 7.05. The van der Waals surface area contributed by atoms with E-state index >= 15 is 0 Å². The van der Waals surface area contributed by atoms with Gasteiger partial charge in [-0.1, -0.05) is 46.9 Å². The molecule has 0 fully saturated rings. The van der Waals surface area contributed by atoms with E-state index in [4.69, 9.17) is 34.8 Å². The van der Waals surface area contributed by atoms with Crippen molar-refractivity contribution in [3.63, 3.8) is 0 Å². The van der Waals surface area contributed by atoms with Crippen molar-refractivity contribution in [3.05, 3.63) is 63.1 Å². The summed E-state index contributed by atoms with van der Waals surface area (Å²) in [7, 11) is -4.05. The van der Waals surface area contributed by atoms with Crippen molar-refractivity contribution in [3.8, 4) is 0 Å². The van der Waals surface area contributed by atoms with Crippen molar-refractivity contribution in [2.24, 2.45) is 0 Å². The van der Waals surface area contributed by atoms with Crippen LogP contribution in [0.4, 0.5) is 0 Å². The van der Waals surface area contributed by atoms with Crippen molar-refractivity contribution in [2.45, 2.75) is 30.3 Å². The molecule has 0 heterocycles. The maximum atomic E-state index is 12.8. The van der Waals surface area contributed by atoms with Crippen molar-refractivity contribution in [1.29, 1.82) is 0 Å². The van der Waals surface area contributed by atoms with Crippen LogP contribution in [0.25, 0.3) is 0 Å². The predicted octanol–water partition coefficient (Wildman–Crippen LogP) is 4.92. The third-order valence-electron chi connectivity index (χ3n) is 4.11. The lowest BCUT2D eigenvalue weighted by molar-refractivity contribution is -0.123. The lowest BCUT2D eigenvalue weighted by Crippen LogP contribution is -2.47. The Hall–Kier alpha value is -0.960. The number of benzene rings is 2. The molecule has 5 nitrogen and oxygen atoms in total. The normalized spacial score (nSPS) is 13.7. The molecule has 0 aliphatic rings. The standard InChI is InChI=1S/C19H21Cl3N2O3S2/c1-12(13-4-3-5-14(20)10-13)23-19(25)17(8-9-28-2)24-29(26,27)18-11-15(21)6-7-16(18)22/h3-7,10-12,17,24H,8-9H2,1-2H3,(H,23,25). The topological polar surface area (TPSA) is 75.3 Å². The average molecular weight is 496 g/mol. The Morgan fingerprint density at radius 3 is 2.45 bits per heavy atom. The summed E-state index contributed by atoms with van der Waals surface area (Å²) in [5, 5.41) is 3.65. The van der Waals surface area contributed by atoms with E-state index in [1.807, 2.05) is 12.3 Å². The van der Waals surface area contributed by atoms with Gasteiger partial charge in [0.15, 0.2) is 0 Å². The zero-order valence-electron chi connectivity index (χ0n) is 15.8. The largest absolute Gasteiger partial charge is 0.348 e. The maximum Gasteiger partial charge on any atom is 0.242 e. The first-order valence-corrected chi connectivity index (χ1v) is 12.7. The monoisotopic (exact) mass is 494 g/mol. The van der Waals surface area contributed by atoms with Crippen LogP contribution in [-0.4, -0.2) is 32.4 Å². The summed E-state index contributed by atoms with van der Waals surface area (Å²) in [6, 6.07) is 9.94. The van der Waals surface area contributed by atoms with E-state index in [2.05, 4.69) is 10.0 Å². The van der Waals surface area contributed by atoms with Gasteiger partial charge in [0.1, 0.15) is 10.9 Å². The van der Waals surface area contributed by atoms with Crippen LogP contribution in [0.3, 0.4) is 0 Å². The number of amides is 1. The van der Waals surface area contributed by atoms with Crippen LogP contribution in [0.2, 0.25) is 15.1 Å². The number of hydrogen-bond acceptors (Lipinski definition) is 4. The number of nitrogens with one attached hydrogen (secondary N) is 2. The summed E-state index contributed by atoms with van der Waals surface area (Å²) in [5.74, 6) is 0.156. The number of halogens is 3. The van der Waals surface area contributed by atoms with Crippen molar-refractivity contribution in [2.75, 3.05) is 12.0 Å². The number of hydrogen-bond donors (Lipinski definition) is 2. The number of rotatable bonds is 9. The fraction of sp³-hybridized carbons (Fsp3) is 0.316. The van der Waals surface area contributed by atoms with Crippen LogP contribution >= 0.6 is 46.6 Å². The molecular weight excluding hydrogens is 475 g/mol. The molecule has 2 N–H and O–H groups in total. The van der Waals surface area contributed by atoms with E-state index in [0.717, 1.165) is 5.56 Å². The van der Waals surface area contributed by atoms with Crippen LogP contribution < -0.4 is 10.0 Å². The zero-order valence-corrected chi connectivity index (χ0v) is 19.7. The molecule has 0 bridgehead atoms. The Kier molecular flexibility index (Phi) is 9.13. The first-order chi connectivity index (χ1) is 13.6. The molecule has 0 aromatic heterocycles. The molecule has 2 rings (SSSR count). The second-order valence-corrected chi connectivity index (χ2v) is 10.3. The highest BCUT2D eigenvalue weighted by Crippen LogP contribution is 2.25. The molecule has 2 aromatic carbocycles. The highest BCUT2D eigenvalue weighted by Gasteiger charge is 2.28. The molecule has 10 heteroatoms. The summed E-state index contributed by atoms with van der Waals surface area (Å²) in [4.78, 5) is 12.7. The van der Waals surface area contributed by atoms with Gasteiger partial charge >= 0.3 is 0 Å². The fourth-order valence-corrected chi connectivity index (χ4v) is 5.25. The number of sulfonamides is 1. The quantitative estimate of drug-likeness (QED) is 0.517. The van der Waals surface area contributed by atoms with Gasteiger partial charge in [0.2, 0.25) is 15.9 Å². The van der Waals surface area contributed by atoms with Crippen molar-refractivity contribution >= 4 is 62.5 Å². The van der Waals surface area contributed by atoms with Gasteiger partial charge in [-0.25, -0.2) is 8.42 Å².